The highest BCUT2D eigenvalue weighted by atomic mass is 16.3. The van der Waals surface area contributed by atoms with Gasteiger partial charge in [0.25, 0.3) is 5.56 Å². The number of pyridine rings is 1. The van der Waals surface area contributed by atoms with E-state index in [4.69, 9.17) is 0 Å². The van der Waals surface area contributed by atoms with Gasteiger partial charge in [0.15, 0.2) is 0 Å². The summed E-state index contributed by atoms with van der Waals surface area (Å²) in [7, 11) is 0. The van der Waals surface area contributed by atoms with Gasteiger partial charge >= 0.3 is 0 Å². The Morgan fingerprint density at radius 1 is 1.21 bits per heavy atom. The van der Waals surface area contributed by atoms with Crippen LogP contribution >= 0.6 is 0 Å². The molecular weight excluding hydrogens is 238 g/mol. The minimum atomic E-state index is -0.239. The smallest absolute Gasteiger partial charge is 0.260 e. The van der Waals surface area contributed by atoms with Crippen molar-refractivity contribution in [3.8, 4) is 5.75 Å². The molecule has 0 fully saturated rings. The van der Waals surface area contributed by atoms with Gasteiger partial charge in [-0.15, -0.1) is 0 Å². The molecule has 2 aromatic carbocycles. The molecular formula is C16H15NO2. The van der Waals surface area contributed by atoms with Crippen LogP contribution in [0, 0.1) is 6.92 Å². The Morgan fingerprint density at radius 2 is 1.95 bits per heavy atom. The summed E-state index contributed by atoms with van der Waals surface area (Å²) in [5.41, 5.74) is 2.42. The molecule has 0 atom stereocenters. The topological polar surface area (TPSA) is 53.1 Å². The molecule has 19 heavy (non-hydrogen) atoms. The molecule has 3 rings (SSSR count). The number of fused-ring (bicyclic) bond motifs is 3. The minimum Gasteiger partial charge on any atom is -0.507 e. The number of phenols is 1. The zero-order valence-electron chi connectivity index (χ0n) is 10.9. The van der Waals surface area contributed by atoms with Crippen molar-refractivity contribution in [3.63, 3.8) is 0 Å². The summed E-state index contributed by atoms with van der Waals surface area (Å²) >= 11 is 0. The minimum absolute atomic E-state index is 0.0985. The number of hydrogen-bond donors (Lipinski definition) is 2. The van der Waals surface area contributed by atoms with Gasteiger partial charge in [0.2, 0.25) is 0 Å². The van der Waals surface area contributed by atoms with Gasteiger partial charge < -0.3 is 10.1 Å². The first-order valence-electron chi connectivity index (χ1n) is 6.39. The lowest BCUT2D eigenvalue weighted by molar-refractivity contribution is 0.476. The standard InChI is InChI=1S/C16H15NO2/c1-3-10-8-12-11-6-4-5-7-13(11)17-16(19)14(12)15(18)9(10)2/h4-8,18H,3H2,1-2H3,(H,17,19). The molecule has 0 aliphatic rings. The number of para-hydroxylation sites is 1. The summed E-state index contributed by atoms with van der Waals surface area (Å²) in [5, 5.41) is 12.5. The van der Waals surface area contributed by atoms with Crippen LogP contribution in [-0.2, 0) is 6.42 Å². The van der Waals surface area contributed by atoms with E-state index in [1.54, 1.807) is 0 Å². The summed E-state index contributed by atoms with van der Waals surface area (Å²) in [4.78, 5) is 15.0. The Morgan fingerprint density at radius 3 is 2.68 bits per heavy atom. The van der Waals surface area contributed by atoms with E-state index < -0.39 is 0 Å². The summed E-state index contributed by atoms with van der Waals surface area (Å²) in [6, 6.07) is 9.67. The van der Waals surface area contributed by atoms with Crippen LogP contribution < -0.4 is 5.56 Å². The van der Waals surface area contributed by atoms with Gasteiger partial charge in [-0.1, -0.05) is 25.1 Å². The van der Waals surface area contributed by atoms with Crippen molar-refractivity contribution >= 4 is 21.7 Å². The second-order valence-corrected chi connectivity index (χ2v) is 4.79. The number of rotatable bonds is 1. The van der Waals surface area contributed by atoms with Gasteiger partial charge in [0.05, 0.1) is 5.39 Å². The third-order valence-corrected chi connectivity index (χ3v) is 3.73. The number of phenolic OH excluding ortho intramolecular Hbond substituents is 1. The lowest BCUT2D eigenvalue weighted by Crippen LogP contribution is -2.07. The summed E-state index contributed by atoms with van der Waals surface area (Å²) in [6.45, 7) is 3.89. The fourth-order valence-corrected chi connectivity index (χ4v) is 2.64. The SMILES string of the molecule is CCc1cc2c(c(O)c1C)c(=O)[nH]c1ccccc12. The number of nitrogens with one attached hydrogen (secondary N) is 1. The van der Waals surface area contributed by atoms with E-state index in [2.05, 4.69) is 4.98 Å². The van der Waals surface area contributed by atoms with Crippen LogP contribution in [0.25, 0.3) is 21.7 Å². The van der Waals surface area contributed by atoms with E-state index in [1.807, 2.05) is 44.2 Å². The van der Waals surface area contributed by atoms with E-state index in [0.717, 1.165) is 33.8 Å². The molecule has 96 valence electrons. The van der Waals surface area contributed by atoms with Crippen molar-refractivity contribution in [1.82, 2.24) is 4.98 Å². The van der Waals surface area contributed by atoms with Gasteiger partial charge in [-0.3, -0.25) is 4.79 Å². The second-order valence-electron chi connectivity index (χ2n) is 4.79. The number of benzene rings is 2. The number of H-pyrrole nitrogens is 1. The Bertz CT molecular complexity index is 847. The molecule has 0 bridgehead atoms. The molecule has 0 radical (unpaired) electrons. The average molecular weight is 253 g/mol. The maximum absolute atomic E-state index is 12.1. The number of aromatic amines is 1. The van der Waals surface area contributed by atoms with Gasteiger partial charge in [-0.25, -0.2) is 0 Å². The first kappa shape index (κ1) is 11.8. The quantitative estimate of drug-likeness (QED) is 0.654. The number of aromatic nitrogens is 1. The molecule has 0 saturated carbocycles. The molecule has 1 heterocycles. The highest BCUT2D eigenvalue weighted by Gasteiger charge is 2.13. The lowest BCUT2D eigenvalue weighted by atomic mass is 9.97. The van der Waals surface area contributed by atoms with Crippen LogP contribution in [0.4, 0.5) is 0 Å². The van der Waals surface area contributed by atoms with Gasteiger partial charge in [0, 0.05) is 16.3 Å². The van der Waals surface area contributed by atoms with E-state index in [0.29, 0.717) is 5.39 Å². The number of aryl methyl sites for hydroxylation is 1. The Hall–Kier alpha value is -2.29. The van der Waals surface area contributed by atoms with Crippen LogP contribution in [0.2, 0.25) is 0 Å². The van der Waals surface area contributed by atoms with E-state index in [-0.39, 0.29) is 11.3 Å². The van der Waals surface area contributed by atoms with Crippen molar-refractivity contribution < 1.29 is 5.11 Å². The van der Waals surface area contributed by atoms with Crippen molar-refractivity contribution in [1.29, 1.82) is 0 Å². The Labute approximate surface area is 110 Å². The van der Waals surface area contributed by atoms with Gasteiger partial charge in [0.1, 0.15) is 5.75 Å². The fourth-order valence-electron chi connectivity index (χ4n) is 2.64. The molecule has 2 N–H and O–H groups in total. The maximum Gasteiger partial charge on any atom is 0.260 e. The molecule has 0 saturated heterocycles. The maximum atomic E-state index is 12.1. The summed E-state index contributed by atoms with van der Waals surface area (Å²) in [5.74, 6) is 0.0985. The summed E-state index contributed by atoms with van der Waals surface area (Å²) < 4.78 is 0. The van der Waals surface area contributed by atoms with Crippen LogP contribution in [-0.4, -0.2) is 10.1 Å². The van der Waals surface area contributed by atoms with E-state index >= 15 is 0 Å². The van der Waals surface area contributed by atoms with Crippen molar-refractivity contribution in [3.05, 3.63) is 51.8 Å². The predicted octanol–water partition coefficient (Wildman–Crippen LogP) is 3.26. The molecule has 0 spiro atoms. The fraction of sp³-hybridized carbons (Fsp3) is 0.188. The third kappa shape index (κ3) is 1.62. The highest BCUT2D eigenvalue weighted by Crippen LogP contribution is 2.32. The number of hydrogen-bond acceptors (Lipinski definition) is 2. The molecule has 1 aromatic heterocycles. The molecule has 0 amide bonds. The van der Waals surface area contributed by atoms with Crippen molar-refractivity contribution in [2.45, 2.75) is 20.3 Å². The molecule has 3 heteroatoms. The van der Waals surface area contributed by atoms with Gasteiger partial charge in [-0.05, 0) is 36.6 Å². The zero-order chi connectivity index (χ0) is 13.6. The first-order valence-corrected chi connectivity index (χ1v) is 6.39. The molecule has 0 aliphatic heterocycles. The molecule has 3 nitrogen and oxygen atoms in total. The lowest BCUT2D eigenvalue weighted by Gasteiger charge is -2.11. The van der Waals surface area contributed by atoms with Crippen LogP contribution in [0.3, 0.4) is 0 Å². The molecule has 0 unspecified atom stereocenters. The molecule has 3 aromatic rings. The van der Waals surface area contributed by atoms with E-state index in [9.17, 15) is 9.90 Å². The Balaban J connectivity index is 2.64. The second kappa shape index (κ2) is 4.12. The Kier molecular flexibility index (Phi) is 2.56. The first-order chi connectivity index (χ1) is 9.13. The van der Waals surface area contributed by atoms with Crippen LogP contribution in [0.15, 0.2) is 35.1 Å². The number of aromatic hydroxyl groups is 1. The van der Waals surface area contributed by atoms with Crippen molar-refractivity contribution in [2.24, 2.45) is 0 Å². The van der Waals surface area contributed by atoms with Gasteiger partial charge in [-0.2, -0.15) is 0 Å². The largest absolute Gasteiger partial charge is 0.507 e. The zero-order valence-corrected chi connectivity index (χ0v) is 10.9. The molecule has 0 aliphatic carbocycles. The third-order valence-electron chi connectivity index (χ3n) is 3.73. The average Bonchev–Trinajstić information content (AvgIpc) is 2.42. The van der Waals surface area contributed by atoms with Crippen LogP contribution in [0.5, 0.6) is 5.75 Å². The van der Waals surface area contributed by atoms with Crippen molar-refractivity contribution in [2.75, 3.05) is 0 Å². The highest BCUT2D eigenvalue weighted by molar-refractivity contribution is 6.08. The predicted molar refractivity (Wildman–Crippen MR) is 77.9 cm³/mol. The summed E-state index contributed by atoms with van der Waals surface area (Å²) in [6.07, 6.45) is 0.830. The normalized spacial score (nSPS) is 11.3. The van der Waals surface area contributed by atoms with E-state index in [1.165, 1.54) is 0 Å². The van der Waals surface area contributed by atoms with Crippen LogP contribution in [0.1, 0.15) is 18.1 Å². The monoisotopic (exact) mass is 253 g/mol.